The van der Waals surface area contributed by atoms with E-state index in [0.29, 0.717) is 19.0 Å². The molecular formula is C10H21N3O2. The van der Waals surface area contributed by atoms with E-state index in [0.717, 1.165) is 6.42 Å². The summed E-state index contributed by atoms with van der Waals surface area (Å²) in [4.78, 5) is 22.2. The second-order valence-electron chi connectivity index (χ2n) is 3.81. The van der Waals surface area contributed by atoms with Crippen LogP contribution in [0.1, 0.15) is 27.2 Å². The van der Waals surface area contributed by atoms with Gasteiger partial charge in [-0.3, -0.25) is 4.79 Å². The molecule has 0 saturated heterocycles. The highest BCUT2D eigenvalue weighted by Crippen LogP contribution is 1.86. The Morgan fingerprint density at radius 1 is 1.13 bits per heavy atom. The van der Waals surface area contributed by atoms with Gasteiger partial charge in [-0.05, 0) is 12.3 Å². The highest BCUT2D eigenvalue weighted by molar-refractivity contribution is 5.83. The van der Waals surface area contributed by atoms with E-state index in [1.807, 2.05) is 20.8 Å². The van der Waals surface area contributed by atoms with Gasteiger partial charge >= 0.3 is 6.03 Å². The summed E-state index contributed by atoms with van der Waals surface area (Å²) in [5, 5.41) is 7.81. The molecule has 15 heavy (non-hydrogen) atoms. The molecule has 0 aromatic heterocycles. The van der Waals surface area contributed by atoms with Crippen molar-refractivity contribution < 1.29 is 9.59 Å². The molecular weight excluding hydrogens is 194 g/mol. The van der Waals surface area contributed by atoms with E-state index in [9.17, 15) is 9.59 Å². The molecule has 88 valence electrons. The molecule has 0 spiro atoms. The van der Waals surface area contributed by atoms with Crippen molar-refractivity contribution in [2.24, 2.45) is 5.92 Å². The predicted octanol–water partition coefficient (Wildman–Crippen LogP) is 0.468. The van der Waals surface area contributed by atoms with Crippen molar-refractivity contribution >= 4 is 11.9 Å². The van der Waals surface area contributed by atoms with Crippen LogP contribution in [0.4, 0.5) is 4.79 Å². The number of hydrogen-bond donors (Lipinski definition) is 3. The summed E-state index contributed by atoms with van der Waals surface area (Å²) in [5.41, 5.74) is 0. The molecule has 5 nitrogen and oxygen atoms in total. The second kappa shape index (κ2) is 8.08. The molecule has 0 saturated carbocycles. The third kappa shape index (κ3) is 9.05. The lowest BCUT2D eigenvalue weighted by atomic mass is 10.2. The standard InChI is InChI=1S/C10H21N3O2/c1-4-5-11-10(15)13-7-9(14)12-6-8(2)3/h8H,4-7H2,1-3H3,(H,12,14)(H2,11,13,15). The first-order valence-electron chi connectivity index (χ1n) is 5.34. The third-order valence-electron chi connectivity index (χ3n) is 1.65. The van der Waals surface area contributed by atoms with Gasteiger partial charge in [-0.2, -0.15) is 0 Å². The van der Waals surface area contributed by atoms with Gasteiger partial charge in [0.15, 0.2) is 0 Å². The fourth-order valence-corrected chi connectivity index (χ4v) is 0.842. The molecule has 3 amide bonds. The van der Waals surface area contributed by atoms with Gasteiger partial charge in [0, 0.05) is 13.1 Å². The normalized spacial score (nSPS) is 9.87. The molecule has 0 aromatic carbocycles. The third-order valence-corrected chi connectivity index (χ3v) is 1.65. The van der Waals surface area contributed by atoms with Gasteiger partial charge in [0.2, 0.25) is 5.91 Å². The van der Waals surface area contributed by atoms with Crippen molar-refractivity contribution in [3.63, 3.8) is 0 Å². The average Bonchev–Trinajstić information content (AvgIpc) is 2.20. The van der Waals surface area contributed by atoms with Crippen molar-refractivity contribution in [1.29, 1.82) is 0 Å². The largest absolute Gasteiger partial charge is 0.354 e. The smallest absolute Gasteiger partial charge is 0.315 e. The number of urea groups is 1. The molecule has 5 heteroatoms. The molecule has 0 aliphatic rings. The van der Waals surface area contributed by atoms with E-state index in [1.54, 1.807) is 0 Å². The minimum atomic E-state index is -0.295. The Morgan fingerprint density at radius 2 is 1.80 bits per heavy atom. The quantitative estimate of drug-likeness (QED) is 0.602. The molecule has 0 radical (unpaired) electrons. The van der Waals surface area contributed by atoms with Gasteiger partial charge in [-0.25, -0.2) is 4.79 Å². The molecule has 0 rings (SSSR count). The maximum Gasteiger partial charge on any atom is 0.315 e. The molecule has 0 atom stereocenters. The number of amides is 3. The van der Waals surface area contributed by atoms with E-state index in [-0.39, 0.29) is 18.5 Å². The zero-order valence-corrected chi connectivity index (χ0v) is 9.72. The minimum absolute atomic E-state index is 0.0300. The maximum atomic E-state index is 11.2. The van der Waals surface area contributed by atoms with Gasteiger partial charge in [-0.15, -0.1) is 0 Å². The van der Waals surface area contributed by atoms with Crippen molar-refractivity contribution in [1.82, 2.24) is 16.0 Å². The highest BCUT2D eigenvalue weighted by Gasteiger charge is 2.04. The molecule has 0 aliphatic carbocycles. The number of hydrogen-bond acceptors (Lipinski definition) is 2. The summed E-state index contributed by atoms with van der Waals surface area (Å²) < 4.78 is 0. The summed E-state index contributed by atoms with van der Waals surface area (Å²) in [6, 6.07) is -0.295. The van der Waals surface area contributed by atoms with Crippen LogP contribution in [0.15, 0.2) is 0 Å². The topological polar surface area (TPSA) is 70.2 Å². The zero-order valence-electron chi connectivity index (χ0n) is 9.72. The number of carbonyl (C=O) groups is 2. The molecule has 0 unspecified atom stereocenters. The summed E-state index contributed by atoms with van der Waals surface area (Å²) in [7, 11) is 0. The van der Waals surface area contributed by atoms with Gasteiger partial charge in [-0.1, -0.05) is 20.8 Å². The van der Waals surface area contributed by atoms with E-state index >= 15 is 0 Å². The Kier molecular flexibility index (Phi) is 7.40. The Bertz CT molecular complexity index is 205. The van der Waals surface area contributed by atoms with E-state index in [4.69, 9.17) is 0 Å². The molecule has 0 aromatic rings. The van der Waals surface area contributed by atoms with Crippen LogP contribution in [0, 0.1) is 5.92 Å². The molecule has 0 fully saturated rings. The van der Waals surface area contributed by atoms with E-state index in [2.05, 4.69) is 16.0 Å². The molecule has 3 N–H and O–H groups in total. The Morgan fingerprint density at radius 3 is 2.33 bits per heavy atom. The predicted molar refractivity (Wildman–Crippen MR) is 59.5 cm³/mol. The zero-order chi connectivity index (χ0) is 11.7. The lowest BCUT2D eigenvalue weighted by Gasteiger charge is -2.09. The lowest BCUT2D eigenvalue weighted by Crippen LogP contribution is -2.42. The molecule has 0 bridgehead atoms. The SMILES string of the molecule is CCCNC(=O)NCC(=O)NCC(C)C. The Labute approximate surface area is 91.0 Å². The second-order valence-corrected chi connectivity index (χ2v) is 3.81. The van der Waals surface area contributed by atoms with Crippen molar-refractivity contribution in [2.75, 3.05) is 19.6 Å². The fraction of sp³-hybridized carbons (Fsp3) is 0.800. The van der Waals surface area contributed by atoms with Crippen LogP contribution < -0.4 is 16.0 Å². The number of nitrogens with one attached hydrogen (secondary N) is 3. The van der Waals surface area contributed by atoms with Gasteiger partial charge in [0.05, 0.1) is 6.54 Å². The monoisotopic (exact) mass is 215 g/mol. The van der Waals surface area contributed by atoms with E-state index < -0.39 is 0 Å². The van der Waals surface area contributed by atoms with Crippen LogP contribution in [0.25, 0.3) is 0 Å². The average molecular weight is 215 g/mol. The van der Waals surface area contributed by atoms with Gasteiger partial charge in [0.1, 0.15) is 0 Å². The van der Waals surface area contributed by atoms with Crippen LogP contribution in [0.5, 0.6) is 0 Å². The fourth-order valence-electron chi connectivity index (χ4n) is 0.842. The van der Waals surface area contributed by atoms with Crippen molar-refractivity contribution in [3.8, 4) is 0 Å². The lowest BCUT2D eigenvalue weighted by molar-refractivity contribution is -0.120. The summed E-state index contributed by atoms with van der Waals surface area (Å²) in [5.74, 6) is 0.262. The van der Waals surface area contributed by atoms with Crippen LogP contribution in [0.2, 0.25) is 0 Å². The van der Waals surface area contributed by atoms with Crippen molar-refractivity contribution in [3.05, 3.63) is 0 Å². The maximum absolute atomic E-state index is 11.2. The number of rotatable bonds is 6. The first-order valence-corrected chi connectivity index (χ1v) is 5.34. The molecule has 0 aliphatic heterocycles. The van der Waals surface area contributed by atoms with E-state index in [1.165, 1.54) is 0 Å². The van der Waals surface area contributed by atoms with Crippen LogP contribution in [0.3, 0.4) is 0 Å². The van der Waals surface area contributed by atoms with Crippen LogP contribution >= 0.6 is 0 Å². The van der Waals surface area contributed by atoms with Crippen molar-refractivity contribution in [2.45, 2.75) is 27.2 Å². The first kappa shape index (κ1) is 13.7. The Hall–Kier alpha value is -1.26. The number of carbonyl (C=O) groups excluding carboxylic acids is 2. The van der Waals surface area contributed by atoms with Gasteiger partial charge in [0.25, 0.3) is 0 Å². The van der Waals surface area contributed by atoms with Crippen LogP contribution in [-0.4, -0.2) is 31.6 Å². The highest BCUT2D eigenvalue weighted by atomic mass is 16.2. The summed E-state index contributed by atoms with van der Waals surface area (Å²) in [6.07, 6.45) is 0.882. The molecule has 0 heterocycles. The van der Waals surface area contributed by atoms with Gasteiger partial charge < -0.3 is 16.0 Å². The summed E-state index contributed by atoms with van der Waals surface area (Å²) >= 11 is 0. The summed E-state index contributed by atoms with van der Waals surface area (Å²) in [6.45, 7) is 7.29. The first-order chi connectivity index (χ1) is 7.06. The van der Waals surface area contributed by atoms with Crippen LogP contribution in [-0.2, 0) is 4.79 Å². The minimum Gasteiger partial charge on any atom is -0.354 e. The Balaban J connectivity index is 3.49.